The van der Waals surface area contributed by atoms with Crippen molar-refractivity contribution in [2.24, 2.45) is 0 Å². The molecule has 5 rings (SSSR count). The number of aromatic amines is 1. The number of nitrogens with zero attached hydrogens (tertiary/aromatic N) is 4. The summed E-state index contributed by atoms with van der Waals surface area (Å²) in [5, 5.41) is 21.1. The van der Waals surface area contributed by atoms with E-state index in [0.29, 0.717) is 11.3 Å². The molecule has 0 aliphatic heterocycles. The SMILES string of the molecule is Cc1c(C#N)cnc2c1CC[C@H]2Nc1ccc2[nH]nc(-c3cnco3)c2c1. The molecule has 4 aromatic rings. The van der Waals surface area contributed by atoms with E-state index < -0.39 is 0 Å². The lowest BCUT2D eigenvalue weighted by Crippen LogP contribution is -2.09. The average Bonchev–Trinajstić information content (AvgIpc) is 3.41. The van der Waals surface area contributed by atoms with Crippen LogP contribution in [0.25, 0.3) is 22.4 Å². The molecule has 3 aromatic heterocycles. The molecule has 1 aromatic carbocycles. The van der Waals surface area contributed by atoms with Gasteiger partial charge in [-0.2, -0.15) is 10.4 Å². The number of hydrogen-bond acceptors (Lipinski definition) is 6. The first-order valence-corrected chi connectivity index (χ1v) is 8.76. The van der Waals surface area contributed by atoms with Crippen LogP contribution in [0, 0.1) is 18.3 Å². The van der Waals surface area contributed by atoms with Gasteiger partial charge >= 0.3 is 0 Å². The molecule has 132 valence electrons. The molecule has 0 unspecified atom stereocenters. The number of oxazole rings is 1. The molecule has 0 fully saturated rings. The van der Waals surface area contributed by atoms with Crippen LogP contribution in [0.3, 0.4) is 0 Å². The molecule has 0 radical (unpaired) electrons. The lowest BCUT2D eigenvalue weighted by molar-refractivity contribution is 0.570. The Hall–Kier alpha value is -3.66. The van der Waals surface area contributed by atoms with Crippen molar-refractivity contribution in [3.05, 3.63) is 59.4 Å². The summed E-state index contributed by atoms with van der Waals surface area (Å²) in [6.45, 7) is 2.00. The summed E-state index contributed by atoms with van der Waals surface area (Å²) in [6.07, 6.45) is 6.61. The van der Waals surface area contributed by atoms with Gasteiger partial charge in [0.2, 0.25) is 0 Å². The van der Waals surface area contributed by atoms with Crippen molar-refractivity contribution in [2.45, 2.75) is 25.8 Å². The van der Waals surface area contributed by atoms with Gasteiger partial charge in [0.05, 0.1) is 29.0 Å². The number of anilines is 1. The third-order valence-electron chi connectivity index (χ3n) is 5.20. The largest absolute Gasteiger partial charge is 0.442 e. The Labute approximate surface area is 155 Å². The van der Waals surface area contributed by atoms with Gasteiger partial charge in [-0.25, -0.2) is 4.98 Å². The maximum Gasteiger partial charge on any atom is 0.181 e. The highest BCUT2D eigenvalue weighted by atomic mass is 16.3. The Morgan fingerprint density at radius 3 is 3.07 bits per heavy atom. The smallest absolute Gasteiger partial charge is 0.181 e. The maximum absolute atomic E-state index is 9.21. The minimum absolute atomic E-state index is 0.129. The first-order valence-electron chi connectivity index (χ1n) is 8.76. The third kappa shape index (κ3) is 2.46. The normalized spacial score (nSPS) is 15.6. The lowest BCUT2D eigenvalue weighted by atomic mass is 10.0. The van der Waals surface area contributed by atoms with Crippen LogP contribution in [0.1, 0.15) is 34.8 Å². The Morgan fingerprint density at radius 2 is 2.26 bits per heavy atom. The number of nitrogens with one attached hydrogen (secondary N) is 2. The monoisotopic (exact) mass is 356 g/mol. The van der Waals surface area contributed by atoms with Crippen molar-refractivity contribution in [3.8, 4) is 17.5 Å². The van der Waals surface area contributed by atoms with E-state index in [2.05, 4.69) is 37.6 Å². The van der Waals surface area contributed by atoms with Crippen molar-refractivity contribution < 1.29 is 4.42 Å². The second kappa shape index (κ2) is 5.95. The molecule has 1 aliphatic rings. The summed E-state index contributed by atoms with van der Waals surface area (Å²) in [5.74, 6) is 0.630. The predicted octanol–water partition coefficient (Wildman–Crippen LogP) is 3.89. The predicted molar refractivity (Wildman–Crippen MR) is 100.0 cm³/mol. The number of rotatable bonds is 3. The number of H-pyrrole nitrogens is 1. The van der Waals surface area contributed by atoms with Crippen molar-refractivity contribution in [1.82, 2.24) is 20.2 Å². The van der Waals surface area contributed by atoms with Gasteiger partial charge in [-0.1, -0.05) is 0 Å². The Bertz CT molecular complexity index is 1190. The van der Waals surface area contributed by atoms with Crippen LogP contribution in [-0.2, 0) is 6.42 Å². The fourth-order valence-electron chi connectivity index (χ4n) is 3.78. The van der Waals surface area contributed by atoms with Crippen LogP contribution in [0.2, 0.25) is 0 Å². The number of hydrogen-bond donors (Lipinski definition) is 2. The molecule has 1 aliphatic carbocycles. The summed E-state index contributed by atoms with van der Waals surface area (Å²) < 4.78 is 5.39. The van der Waals surface area contributed by atoms with Gasteiger partial charge in [0.1, 0.15) is 11.8 Å². The molecule has 1 atom stereocenters. The highest BCUT2D eigenvalue weighted by Gasteiger charge is 2.26. The van der Waals surface area contributed by atoms with Crippen LogP contribution in [0.4, 0.5) is 5.69 Å². The fraction of sp³-hybridized carbons (Fsp3) is 0.200. The van der Waals surface area contributed by atoms with Crippen molar-refractivity contribution >= 4 is 16.6 Å². The standard InChI is InChI=1S/C20H16N6O/c1-11-12(7-21)8-23-19-14(11)3-5-17(19)24-13-2-4-16-15(6-13)20(26-25-16)18-9-22-10-27-18/h2,4,6,8-10,17,24H,3,5H2,1H3,(H,25,26)/t17-/m1/s1. The third-order valence-corrected chi connectivity index (χ3v) is 5.20. The Morgan fingerprint density at radius 1 is 1.33 bits per heavy atom. The van der Waals surface area contributed by atoms with Gasteiger partial charge < -0.3 is 9.73 Å². The van der Waals surface area contributed by atoms with Gasteiger partial charge in [0, 0.05) is 17.3 Å². The first kappa shape index (κ1) is 15.6. The number of fused-ring (bicyclic) bond motifs is 2. The Balaban J connectivity index is 1.49. The van der Waals surface area contributed by atoms with Crippen molar-refractivity contribution in [2.75, 3.05) is 5.32 Å². The number of benzene rings is 1. The molecule has 0 saturated heterocycles. The van der Waals surface area contributed by atoms with Gasteiger partial charge in [-0.15, -0.1) is 0 Å². The second-order valence-corrected chi connectivity index (χ2v) is 6.71. The summed E-state index contributed by atoms with van der Waals surface area (Å²) in [6, 6.07) is 8.43. The molecule has 0 spiro atoms. The van der Waals surface area contributed by atoms with E-state index in [1.54, 1.807) is 12.4 Å². The zero-order valence-electron chi connectivity index (χ0n) is 14.7. The molecule has 27 heavy (non-hydrogen) atoms. The minimum atomic E-state index is 0.129. The maximum atomic E-state index is 9.21. The molecule has 7 nitrogen and oxygen atoms in total. The quantitative estimate of drug-likeness (QED) is 0.577. The zero-order valence-corrected chi connectivity index (χ0v) is 14.7. The molecular formula is C20H16N6O. The highest BCUT2D eigenvalue weighted by molar-refractivity contribution is 5.93. The molecule has 0 amide bonds. The summed E-state index contributed by atoms with van der Waals surface area (Å²) in [5.41, 5.74) is 6.60. The highest BCUT2D eigenvalue weighted by Crippen LogP contribution is 2.36. The van der Waals surface area contributed by atoms with E-state index in [-0.39, 0.29) is 6.04 Å². The average molecular weight is 356 g/mol. The first-order chi connectivity index (χ1) is 13.2. The molecule has 7 heteroatoms. The topological polar surface area (TPSA) is 103 Å². The van der Waals surface area contributed by atoms with Crippen LogP contribution >= 0.6 is 0 Å². The molecule has 0 bridgehead atoms. The Kier molecular flexibility index (Phi) is 3.44. The van der Waals surface area contributed by atoms with Gasteiger partial charge in [-0.05, 0) is 49.1 Å². The minimum Gasteiger partial charge on any atom is -0.442 e. The van der Waals surface area contributed by atoms with E-state index in [9.17, 15) is 5.26 Å². The van der Waals surface area contributed by atoms with E-state index in [4.69, 9.17) is 4.42 Å². The lowest BCUT2D eigenvalue weighted by Gasteiger charge is -2.15. The van der Waals surface area contributed by atoms with Crippen LogP contribution in [0.15, 0.2) is 41.4 Å². The summed E-state index contributed by atoms with van der Waals surface area (Å²) in [7, 11) is 0. The van der Waals surface area contributed by atoms with E-state index in [1.807, 2.05) is 19.1 Å². The van der Waals surface area contributed by atoms with Crippen molar-refractivity contribution in [3.63, 3.8) is 0 Å². The molecule has 0 saturated carbocycles. The zero-order chi connectivity index (χ0) is 18.4. The van der Waals surface area contributed by atoms with Gasteiger partial charge in [0.15, 0.2) is 12.2 Å². The van der Waals surface area contributed by atoms with Gasteiger partial charge in [-0.3, -0.25) is 10.1 Å². The summed E-state index contributed by atoms with van der Waals surface area (Å²) in [4.78, 5) is 8.52. The molecule has 2 N–H and O–H groups in total. The molecular weight excluding hydrogens is 340 g/mol. The van der Waals surface area contributed by atoms with E-state index in [0.717, 1.165) is 46.4 Å². The molecule has 3 heterocycles. The fourth-order valence-corrected chi connectivity index (χ4v) is 3.78. The van der Waals surface area contributed by atoms with Crippen LogP contribution < -0.4 is 5.32 Å². The van der Waals surface area contributed by atoms with Gasteiger partial charge in [0.25, 0.3) is 0 Å². The van der Waals surface area contributed by atoms with E-state index >= 15 is 0 Å². The van der Waals surface area contributed by atoms with E-state index in [1.165, 1.54) is 12.0 Å². The van der Waals surface area contributed by atoms with Crippen molar-refractivity contribution in [1.29, 1.82) is 5.26 Å². The second-order valence-electron chi connectivity index (χ2n) is 6.71. The number of aromatic nitrogens is 4. The summed E-state index contributed by atoms with van der Waals surface area (Å²) >= 11 is 0. The number of nitriles is 1. The number of pyridine rings is 1. The van der Waals surface area contributed by atoms with Crippen LogP contribution in [0.5, 0.6) is 0 Å². The van der Waals surface area contributed by atoms with Crippen LogP contribution in [-0.4, -0.2) is 20.2 Å².